The number of carbonyl (C=O) groups is 1. The summed E-state index contributed by atoms with van der Waals surface area (Å²) in [6.45, 7) is 2.90. The molecule has 0 saturated heterocycles. The monoisotopic (exact) mass is 369 g/mol. The van der Waals surface area contributed by atoms with E-state index in [4.69, 9.17) is 4.98 Å². The summed E-state index contributed by atoms with van der Waals surface area (Å²) in [5.74, 6) is 0.799. The maximum atomic E-state index is 12.9. The standard InChI is InChI=1S/C24H23N3O/c1-2-27-22-16-10-9-15-20(22)25-23(27)21(17-18-11-5-3-6-12-18)26-24(28)19-13-7-4-8-14-19/h3-16,21H,2,17H2,1H3,(H,26,28)/t21-/m0/s1. The predicted octanol–water partition coefficient (Wildman–Crippen LogP) is 4.77. The van der Waals surface area contributed by atoms with Gasteiger partial charge in [0.15, 0.2) is 0 Å². The second-order valence-corrected chi connectivity index (χ2v) is 6.78. The van der Waals surface area contributed by atoms with E-state index in [2.05, 4.69) is 35.0 Å². The first-order valence-electron chi connectivity index (χ1n) is 9.61. The number of benzene rings is 3. The number of nitrogens with zero attached hydrogens (tertiary/aromatic N) is 2. The molecule has 4 heteroatoms. The average molecular weight is 369 g/mol. The van der Waals surface area contributed by atoms with Crippen LogP contribution in [0.2, 0.25) is 0 Å². The minimum absolute atomic E-state index is 0.0868. The Kier molecular flexibility index (Phi) is 5.20. The number of nitrogens with one attached hydrogen (secondary N) is 1. The number of fused-ring (bicyclic) bond motifs is 1. The van der Waals surface area contributed by atoms with Gasteiger partial charge in [-0.15, -0.1) is 0 Å². The zero-order valence-electron chi connectivity index (χ0n) is 15.9. The van der Waals surface area contributed by atoms with Gasteiger partial charge in [-0.3, -0.25) is 4.79 Å². The van der Waals surface area contributed by atoms with Crippen molar-refractivity contribution < 1.29 is 4.79 Å². The number of amides is 1. The fourth-order valence-corrected chi connectivity index (χ4v) is 3.58. The number of rotatable bonds is 6. The first kappa shape index (κ1) is 18.0. The molecule has 0 aliphatic heterocycles. The first-order valence-corrected chi connectivity index (χ1v) is 9.61. The SMILES string of the molecule is CCn1c([C@H](Cc2ccccc2)NC(=O)c2ccccc2)nc2ccccc21. The topological polar surface area (TPSA) is 46.9 Å². The Balaban J connectivity index is 1.73. The number of aryl methyl sites for hydroxylation is 1. The third-order valence-electron chi connectivity index (χ3n) is 4.94. The molecule has 1 amide bonds. The molecule has 1 atom stereocenters. The third kappa shape index (κ3) is 3.67. The van der Waals surface area contributed by atoms with Gasteiger partial charge in [-0.25, -0.2) is 4.98 Å². The van der Waals surface area contributed by atoms with E-state index in [0.717, 1.165) is 29.0 Å². The predicted molar refractivity (Wildman–Crippen MR) is 112 cm³/mol. The number of para-hydroxylation sites is 2. The molecule has 4 nitrogen and oxygen atoms in total. The van der Waals surface area contributed by atoms with E-state index < -0.39 is 0 Å². The Morgan fingerprint density at radius 3 is 2.29 bits per heavy atom. The number of carbonyl (C=O) groups excluding carboxylic acids is 1. The molecule has 1 aromatic heterocycles. The Hall–Kier alpha value is -3.40. The van der Waals surface area contributed by atoms with Crippen molar-refractivity contribution in [2.75, 3.05) is 0 Å². The highest BCUT2D eigenvalue weighted by Gasteiger charge is 2.22. The minimum Gasteiger partial charge on any atom is -0.342 e. The minimum atomic E-state index is -0.220. The van der Waals surface area contributed by atoms with Gasteiger partial charge in [0.25, 0.3) is 5.91 Å². The summed E-state index contributed by atoms with van der Waals surface area (Å²) in [5, 5.41) is 3.21. The normalized spacial score (nSPS) is 12.0. The van der Waals surface area contributed by atoms with E-state index in [9.17, 15) is 4.79 Å². The Bertz CT molecular complexity index is 1070. The molecule has 0 spiro atoms. The highest BCUT2D eigenvalue weighted by Crippen LogP contribution is 2.24. The van der Waals surface area contributed by atoms with Crippen LogP contribution in [0.25, 0.3) is 11.0 Å². The van der Waals surface area contributed by atoms with Crippen molar-refractivity contribution >= 4 is 16.9 Å². The molecule has 4 rings (SSSR count). The highest BCUT2D eigenvalue weighted by molar-refractivity contribution is 5.94. The van der Waals surface area contributed by atoms with Crippen LogP contribution >= 0.6 is 0 Å². The number of aromatic nitrogens is 2. The Morgan fingerprint density at radius 1 is 0.929 bits per heavy atom. The van der Waals surface area contributed by atoms with Gasteiger partial charge in [0.05, 0.1) is 17.1 Å². The summed E-state index contributed by atoms with van der Waals surface area (Å²) in [7, 11) is 0. The van der Waals surface area contributed by atoms with E-state index in [0.29, 0.717) is 12.0 Å². The zero-order chi connectivity index (χ0) is 19.3. The Labute approximate surface area is 164 Å². The molecular formula is C24H23N3O. The molecule has 0 unspecified atom stereocenters. The number of imidazole rings is 1. The maximum Gasteiger partial charge on any atom is 0.251 e. The maximum absolute atomic E-state index is 12.9. The van der Waals surface area contributed by atoms with Crippen molar-refractivity contribution in [1.29, 1.82) is 0 Å². The van der Waals surface area contributed by atoms with Crippen LogP contribution in [0.5, 0.6) is 0 Å². The van der Waals surface area contributed by atoms with E-state index in [1.165, 1.54) is 0 Å². The lowest BCUT2D eigenvalue weighted by Crippen LogP contribution is -2.32. The molecular weight excluding hydrogens is 346 g/mol. The fraction of sp³-hybridized carbons (Fsp3) is 0.167. The van der Waals surface area contributed by atoms with Gasteiger partial charge in [-0.2, -0.15) is 0 Å². The van der Waals surface area contributed by atoms with Crippen molar-refractivity contribution in [3.05, 3.63) is 102 Å². The van der Waals surface area contributed by atoms with Gasteiger partial charge < -0.3 is 9.88 Å². The van der Waals surface area contributed by atoms with Crippen molar-refractivity contribution in [1.82, 2.24) is 14.9 Å². The molecule has 0 fully saturated rings. The summed E-state index contributed by atoms with van der Waals surface area (Å²) < 4.78 is 2.19. The van der Waals surface area contributed by atoms with Crippen LogP contribution in [-0.4, -0.2) is 15.5 Å². The van der Waals surface area contributed by atoms with Crippen LogP contribution in [0.1, 0.15) is 34.7 Å². The molecule has 0 saturated carbocycles. The molecule has 0 radical (unpaired) electrons. The third-order valence-corrected chi connectivity index (χ3v) is 4.94. The molecule has 0 aliphatic carbocycles. The highest BCUT2D eigenvalue weighted by atomic mass is 16.1. The fourth-order valence-electron chi connectivity index (χ4n) is 3.58. The van der Waals surface area contributed by atoms with Crippen molar-refractivity contribution in [3.63, 3.8) is 0 Å². The van der Waals surface area contributed by atoms with Gasteiger partial charge in [-0.05, 0) is 43.2 Å². The van der Waals surface area contributed by atoms with Gasteiger partial charge in [-0.1, -0.05) is 60.7 Å². The van der Waals surface area contributed by atoms with E-state index in [1.807, 2.05) is 66.7 Å². The average Bonchev–Trinajstić information content (AvgIpc) is 3.13. The van der Waals surface area contributed by atoms with E-state index in [1.54, 1.807) is 0 Å². The molecule has 1 heterocycles. The lowest BCUT2D eigenvalue weighted by molar-refractivity contribution is 0.0934. The van der Waals surface area contributed by atoms with Crippen LogP contribution in [0.3, 0.4) is 0 Å². The van der Waals surface area contributed by atoms with Crippen LogP contribution in [0, 0.1) is 0 Å². The molecule has 3 aromatic carbocycles. The molecule has 0 aliphatic rings. The quantitative estimate of drug-likeness (QED) is 0.532. The summed E-state index contributed by atoms with van der Waals surface area (Å²) in [6.07, 6.45) is 0.683. The number of hydrogen-bond donors (Lipinski definition) is 1. The lowest BCUT2D eigenvalue weighted by Gasteiger charge is -2.20. The summed E-state index contributed by atoms with van der Waals surface area (Å²) in [4.78, 5) is 17.8. The Morgan fingerprint density at radius 2 is 1.57 bits per heavy atom. The second kappa shape index (κ2) is 8.09. The number of hydrogen-bond acceptors (Lipinski definition) is 2. The zero-order valence-corrected chi connectivity index (χ0v) is 15.9. The van der Waals surface area contributed by atoms with Crippen LogP contribution in [0.4, 0.5) is 0 Å². The van der Waals surface area contributed by atoms with E-state index in [-0.39, 0.29) is 11.9 Å². The van der Waals surface area contributed by atoms with Crippen molar-refractivity contribution in [2.24, 2.45) is 0 Å². The van der Waals surface area contributed by atoms with Gasteiger partial charge in [0.1, 0.15) is 5.82 Å². The van der Waals surface area contributed by atoms with Gasteiger partial charge in [0, 0.05) is 12.1 Å². The van der Waals surface area contributed by atoms with Crippen LogP contribution in [0.15, 0.2) is 84.9 Å². The van der Waals surface area contributed by atoms with E-state index >= 15 is 0 Å². The molecule has 1 N–H and O–H groups in total. The van der Waals surface area contributed by atoms with Crippen molar-refractivity contribution in [2.45, 2.75) is 25.9 Å². The summed E-state index contributed by atoms with van der Waals surface area (Å²) >= 11 is 0. The molecule has 28 heavy (non-hydrogen) atoms. The van der Waals surface area contributed by atoms with Crippen molar-refractivity contribution in [3.8, 4) is 0 Å². The largest absolute Gasteiger partial charge is 0.342 e. The lowest BCUT2D eigenvalue weighted by atomic mass is 10.0. The molecule has 4 aromatic rings. The summed E-state index contributed by atoms with van der Waals surface area (Å²) in [6, 6.07) is 27.4. The summed E-state index contributed by atoms with van der Waals surface area (Å²) in [5.41, 5.74) is 3.86. The van der Waals surface area contributed by atoms with Gasteiger partial charge in [0.2, 0.25) is 0 Å². The van der Waals surface area contributed by atoms with Crippen LogP contribution in [-0.2, 0) is 13.0 Å². The van der Waals surface area contributed by atoms with Crippen LogP contribution < -0.4 is 5.32 Å². The second-order valence-electron chi connectivity index (χ2n) is 6.78. The molecule has 0 bridgehead atoms. The first-order chi connectivity index (χ1) is 13.8. The van der Waals surface area contributed by atoms with Gasteiger partial charge >= 0.3 is 0 Å². The molecule has 140 valence electrons. The smallest absolute Gasteiger partial charge is 0.251 e.